The van der Waals surface area contributed by atoms with Gasteiger partial charge < -0.3 is 50.4 Å². The van der Waals surface area contributed by atoms with Crippen molar-refractivity contribution in [3.05, 3.63) is 248 Å². The number of phenolic OH excluding ortho intramolecular Hbond substituents is 5. The zero-order chi connectivity index (χ0) is 82.2. The van der Waals surface area contributed by atoms with Crippen LogP contribution in [0.25, 0.3) is 0 Å². The van der Waals surface area contributed by atoms with Crippen molar-refractivity contribution >= 4 is 136 Å². The Morgan fingerprint density at radius 3 is 0.764 bits per heavy atom. The second-order valence-electron chi connectivity index (χ2n) is 34.1. The third-order valence-corrected chi connectivity index (χ3v) is 114. The Labute approximate surface area is 655 Å². The van der Waals surface area contributed by atoms with E-state index in [9.17, 15) is 35.1 Å². The normalized spacial score (nSPS) is 12.1. The van der Waals surface area contributed by atoms with Crippen molar-refractivity contribution in [1.82, 2.24) is 0 Å². The maximum absolute atomic E-state index is 9.75. The fourth-order valence-corrected chi connectivity index (χ4v) is 44.7. The summed E-state index contributed by atoms with van der Waals surface area (Å²) in [5, 5.41) is 79.3. The molecule has 0 aliphatic rings. The summed E-state index contributed by atoms with van der Waals surface area (Å²) >= 11 is 0. The third kappa shape index (κ3) is 31.4. The highest BCUT2D eigenvalue weighted by atomic mass is 29.3. The highest BCUT2D eigenvalue weighted by Gasteiger charge is 2.45. The maximum atomic E-state index is 9.75. The molecular weight excluding hydrogens is 1510 g/mol. The smallest absolute Gasteiger partial charge is 0.363 e. The fourth-order valence-electron chi connectivity index (χ4n) is 10.9. The van der Waals surface area contributed by atoms with Crippen molar-refractivity contribution in [1.29, 1.82) is 0 Å². The van der Waals surface area contributed by atoms with Gasteiger partial charge in [-0.05, 0) is 83.9 Å². The first-order valence-electron chi connectivity index (χ1n) is 36.8. The molecule has 9 aromatic carbocycles. The summed E-state index contributed by atoms with van der Waals surface area (Å²) < 4.78 is 0. The number of rotatable bonds is 15. The average molecular weight is 1650 g/mol. The minimum atomic E-state index is -3.03. The maximum Gasteiger partial charge on any atom is 0.363 e. The van der Waals surface area contributed by atoms with Gasteiger partial charge in [0, 0.05) is 61.9 Å². The van der Waals surface area contributed by atoms with Gasteiger partial charge in [-0.25, -0.2) is 0 Å². The van der Waals surface area contributed by atoms with Crippen molar-refractivity contribution in [3.63, 3.8) is 0 Å². The van der Waals surface area contributed by atoms with Gasteiger partial charge in [0.1, 0.15) is 28.7 Å². The predicted octanol–water partition coefficient (Wildman–Crippen LogP) is 14.5. The summed E-state index contributed by atoms with van der Waals surface area (Å²) in [5.74, 6) is 2.47. The van der Waals surface area contributed by atoms with Crippen LogP contribution in [0, 0.1) is 0 Å². The van der Waals surface area contributed by atoms with Crippen LogP contribution in [0.15, 0.2) is 243 Å². The largest absolute Gasteiger partial charge is 0.508 e. The Balaban J connectivity index is 0.00000122. The summed E-state index contributed by atoms with van der Waals surface area (Å²) in [6.07, 6.45) is 0. The molecule has 0 amide bonds. The SMILES string of the molecule is CC(C[Si](C)(C)[Si](C)(C)C)c1cccc(O)c1.CO.CO.CO.C[Si](C)(C)[Si](C)(C)c1ccc(O)cc1.C[Si](C)(C)[Si](C)(C)c1cccc(O)c1.C[Si](C)(c1ccccc1)[Si](C)(C)c1ccc(O)cc1.C[Si](C)(c1ccccc1)[Si](C)(C)c1cccc(O)c1.C[Si](O)(O)c1ccccc1.[SiH3]c1ccccc1. The number of aromatic hydroxyl groups is 5. The van der Waals surface area contributed by atoms with Crippen LogP contribution in [0.4, 0.5) is 0 Å². The van der Waals surface area contributed by atoms with Gasteiger partial charge in [0.05, 0.1) is 45.5 Å². The van der Waals surface area contributed by atoms with E-state index >= 15 is 0 Å². The first-order chi connectivity index (χ1) is 48.8. The molecule has 9 aromatic rings. The van der Waals surface area contributed by atoms with Crippen LogP contribution in [-0.4, -0.2) is 166 Å². The van der Waals surface area contributed by atoms with E-state index in [1.54, 1.807) is 42.5 Å². The number of benzene rings is 9. The lowest BCUT2D eigenvalue weighted by Crippen LogP contribution is -2.69. The first-order valence-corrected chi connectivity index (χ1v) is 76.9. The molecule has 22 heteroatoms. The van der Waals surface area contributed by atoms with E-state index in [1.807, 2.05) is 72.8 Å². The molecule has 0 radical (unpaired) electrons. The molecule has 0 saturated carbocycles. The Bertz CT molecular complexity index is 3860. The molecule has 0 aromatic heterocycles. The van der Waals surface area contributed by atoms with E-state index in [2.05, 4.69) is 285 Å². The molecule has 106 heavy (non-hydrogen) atoms. The molecule has 0 bridgehead atoms. The highest BCUT2D eigenvalue weighted by Crippen LogP contribution is 2.33. The number of phenols is 5. The van der Waals surface area contributed by atoms with Gasteiger partial charge in [-0.3, -0.25) is 0 Å². The summed E-state index contributed by atoms with van der Waals surface area (Å²) in [7, 11) is -12.0. The molecule has 10 nitrogen and oxygen atoms in total. The number of aliphatic hydroxyl groups is 3. The van der Waals surface area contributed by atoms with Gasteiger partial charge in [0.15, 0.2) is 0 Å². The molecule has 584 valence electrons. The third-order valence-electron chi connectivity index (χ3n) is 22.7. The molecule has 10 N–H and O–H groups in total. The second-order valence-corrected chi connectivity index (χ2v) is 119. The quantitative estimate of drug-likeness (QED) is 0.0440. The van der Waals surface area contributed by atoms with Crippen molar-refractivity contribution in [2.24, 2.45) is 0 Å². The highest BCUT2D eigenvalue weighted by molar-refractivity contribution is 7.50. The van der Waals surface area contributed by atoms with Crippen LogP contribution in [0.2, 0.25) is 163 Å². The van der Waals surface area contributed by atoms with E-state index in [1.165, 1.54) is 64.7 Å². The van der Waals surface area contributed by atoms with Crippen molar-refractivity contribution in [2.75, 3.05) is 21.3 Å². The van der Waals surface area contributed by atoms with Gasteiger partial charge in [-0.1, -0.05) is 382 Å². The molecule has 0 aliphatic heterocycles. The van der Waals surface area contributed by atoms with E-state index < -0.39 is 84.5 Å². The number of aliphatic hydroxyl groups excluding tert-OH is 3. The molecule has 1 atom stereocenters. The van der Waals surface area contributed by atoms with Crippen LogP contribution in [0.1, 0.15) is 18.4 Å². The fraction of sp³-hybridized carbons (Fsp3) is 0.357. The summed E-state index contributed by atoms with van der Waals surface area (Å²) in [4.78, 5) is 18.4. The molecular formula is C84H140O10Si12. The monoisotopic (exact) mass is 1640 g/mol. The Kier molecular flexibility index (Phi) is 42.5. The molecule has 1 unspecified atom stereocenters. The van der Waals surface area contributed by atoms with E-state index in [4.69, 9.17) is 15.3 Å². The van der Waals surface area contributed by atoms with Crippen LogP contribution < -0.4 is 41.5 Å². The Morgan fingerprint density at radius 1 is 0.255 bits per heavy atom. The lowest BCUT2D eigenvalue weighted by atomic mass is 10.0. The van der Waals surface area contributed by atoms with Crippen LogP contribution >= 0.6 is 0 Å². The van der Waals surface area contributed by atoms with Gasteiger partial charge in [0.2, 0.25) is 0 Å². The van der Waals surface area contributed by atoms with Crippen LogP contribution in [0.5, 0.6) is 28.7 Å². The lowest BCUT2D eigenvalue weighted by Gasteiger charge is -2.39. The van der Waals surface area contributed by atoms with Gasteiger partial charge in [0.25, 0.3) is 0 Å². The zero-order valence-corrected chi connectivity index (χ0v) is 83.4. The van der Waals surface area contributed by atoms with Gasteiger partial charge >= 0.3 is 8.56 Å². The van der Waals surface area contributed by atoms with Crippen molar-refractivity contribution in [2.45, 2.75) is 176 Å². The minimum absolute atomic E-state index is 0.354. The molecule has 0 aliphatic carbocycles. The van der Waals surface area contributed by atoms with Crippen LogP contribution in [0.3, 0.4) is 0 Å². The van der Waals surface area contributed by atoms with Crippen molar-refractivity contribution < 1.29 is 50.4 Å². The molecule has 0 spiro atoms. The summed E-state index contributed by atoms with van der Waals surface area (Å²) in [6, 6.07) is 81.6. The Morgan fingerprint density at radius 2 is 0.500 bits per heavy atom. The predicted molar refractivity (Wildman–Crippen MR) is 499 cm³/mol. The number of hydrogen-bond donors (Lipinski definition) is 10. The lowest BCUT2D eigenvalue weighted by molar-refractivity contribution is 0.391. The molecule has 0 saturated heterocycles. The average Bonchev–Trinajstić information content (AvgIpc) is 0.780. The molecule has 9 rings (SSSR count). The number of hydrogen-bond acceptors (Lipinski definition) is 10. The van der Waals surface area contributed by atoms with Gasteiger partial charge in [-0.2, -0.15) is 0 Å². The molecule has 0 heterocycles. The second kappa shape index (κ2) is 44.9. The van der Waals surface area contributed by atoms with E-state index in [0.29, 0.717) is 39.9 Å². The van der Waals surface area contributed by atoms with Gasteiger partial charge in [-0.15, -0.1) is 0 Å². The summed E-state index contributed by atoms with van der Waals surface area (Å²) in [5.41, 5.74) is 1.28. The van der Waals surface area contributed by atoms with E-state index in [0.717, 1.165) is 21.3 Å². The summed E-state index contributed by atoms with van der Waals surface area (Å²) in [6.45, 7) is 60.2. The molecule has 0 fully saturated rings. The van der Waals surface area contributed by atoms with Crippen molar-refractivity contribution in [3.8, 4) is 28.7 Å². The van der Waals surface area contributed by atoms with Crippen LogP contribution in [-0.2, 0) is 0 Å². The minimum Gasteiger partial charge on any atom is -0.508 e. The Hall–Kier alpha value is -5.62. The topological polar surface area (TPSA) is 202 Å². The van der Waals surface area contributed by atoms with E-state index in [-0.39, 0.29) is 0 Å². The first kappa shape index (κ1) is 100. The standard InChI is InChI=1S/2C16H22OSi2.C14H26OSi2.2C11H20OSi2.C7H10O2Si.C6H8Si.3CH4O/c1-18(2,15-10-6-5-7-11-15)19(3,4)16-12-8-9-14(17)13-16;1-18(2,15-8-6-5-7-9-15)19(3,4)16-12-10-14(17)11-13-16;1-12(11-17(5,6)16(2,3)4)13-8-7-9-14(15)10-13;1-13(2,3)14(4,5)11-8-6-10(12)7-9-11;1-13(2,3)14(4,5)11-8-6-7-10(12)9-11;1-10(8,9)7-5-3-2-4-6-7;7-6-4-2-1-3-5-6;3*1-2/h2*5-13,17H,1-4H3;7-10,12,15H,11H2,1-6H3;2*6-9,12H,1-5H3;2-6,8-9H,1H3;1-5H,7H3;3*2H,1H3. The zero-order valence-electron chi connectivity index (χ0n) is 70.4.